The second-order valence-electron chi connectivity index (χ2n) is 3.65. The van der Waals surface area contributed by atoms with E-state index in [1.807, 2.05) is 25.1 Å². The van der Waals surface area contributed by atoms with Gasteiger partial charge in [0.25, 0.3) is 0 Å². The molecule has 0 fully saturated rings. The highest BCUT2D eigenvalue weighted by Gasteiger charge is 2.23. The molecule has 86 valence electrons. The Balaban J connectivity index is 2.70. The molecule has 0 spiro atoms. The molecule has 0 radical (unpaired) electrons. The fourth-order valence-corrected chi connectivity index (χ4v) is 2.45. The van der Waals surface area contributed by atoms with Crippen LogP contribution < -0.4 is 15.4 Å². The summed E-state index contributed by atoms with van der Waals surface area (Å²) in [6, 6.07) is 5.26. The standard InChI is InChI=1S/C9H12N4O2S/c1-13(2)7-5-3-4-6-8(7)9(10)12-16(14,15)11-6/h3-5,11H,1-2H3,(H2,10,12). The molecule has 3 N–H and O–H groups in total. The maximum Gasteiger partial charge on any atom is 0.344 e. The lowest BCUT2D eigenvalue weighted by molar-refractivity contribution is 0.602. The van der Waals surface area contributed by atoms with Crippen LogP contribution in [0.25, 0.3) is 0 Å². The van der Waals surface area contributed by atoms with Crippen LogP contribution in [-0.4, -0.2) is 28.3 Å². The largest absolute Gasteiger partial charge is 0.382 e. The molecular formula is C9H12N4O2S. The summed E-state index contributed by atoms with van der Waals surface area (Å²) in [5.74, 6) is 0.0121. The molecule has 0 amide bonds. The van der Waals surface area contributed by atoms with Gasteiger partial charge in [-0.15, -0.1) is 4.40 Å². The first kappa shape index (κ1) is 10.7. The van der Waals surface area contributed by atoms with E-state index in [4.69, 9.17) is 5.73 Å². The Labute approximate surface area is 94.0 Å². The monoisotopic (exact) mass is 240 g/mol. The van der Waals surface area contributed by atoms with Gasteiger partial charge in [-0.1, -0.05) is 6.07 Å². The Hall–Kier alpha value is -1.76. The lowest BCUT2D eigenvalue weighted by Crippen LogP contribution is -2.28. The zero-order valence-corrected chi connectivity index (χ0v) is 9.75. The van der Waals surface area contributed by atoms with E-state index in [2.05, 4.69) is 9.12 Å². The molecule has 0 saturated heterocycles. The normalized spacial score (nSPS) is 17.0. The van der Waals surface area contributed by atoms with Gasteiger partial charge >= 0.3 is 10.2 Å². The molecule has 0 unspecified atom stereocenters. The van der Waals surface area contributed by atoms with Gasteiger partial charge in [0.1, 0.15) is 5.84 Å². The Kier molecular flexibility index (Phi) is 2.27. The van der Waals surface area contributed by atoms with Crippen LogP contribution in [0.15, 0.2) is 22.6 Å². The minimum atomic E-state index is -3.69. The lowest BCUT2D eigenvalue weighted by atomic mass is 10.1. The molecule has 1 heterocycles. The van der Waals surface area contributed by atoms with Gasteiger partial charge in [-0.25, -0.2) is 0 Å². The van der Waals surface area contributed by atoms with E-state index in [-0.39, 0.29) is 5.84 Å². The number of nitrogens with zero attached hydrogens (tertiary/aromatic N) is 2. The van der Waals surface area contributed by atoms with Crippen molar-refractivity contribution in [3.8, 4) is 0 Å². The summed E-state index contributed by atoms with van der Waals surface area (Å²) in [6.07, 6.45) is 0. The fraction of sp³-hybridized carbons (Fsp3) is 0.222. The van der Waals surface area contributed by atoms with Crippen LogP contribution in [0, 0.1) is 0 Å². The van der Waals surface area contributed by atoms with Crippen LogP contribution in [0.4, 0.5) is 11.4 Å². The van der Waals surface area contributed by atoms with Crippen molar-refractivity contribution in [3.05, 3.63) is 23.8 Å². The number of rotatable bonds is 1. The van der Waals surface area contributed by atoms with Crippen molar-refractivity contribution < 1.29 is 8.42 Å². The molecule has 6 nitrogen and oxygen atoms in total. The molecule has 1 aromatic rings. The third-order valence-electron chi connectivity index (χ3n) is 2.24. The quantitative estimate of drug-likeness (QED) is 0.730. The van der Waals surface area contributed by atoms with Crippen LogP contribution in [0.3, 0.4) is 0 Å². The fourth-order valence-electron chi connectivity index (χ4n) is 1.60. The van der Waals surface area contributed by atoms with E-state index in [1.54, 1.807) is 12.1 Å². The van der Waals surface area contributed by atoms with Gasteiger partial charge in [0.05, 0.1) is 11.3 Å². The summed E-state index contributed by atoms with van der Waals surface area (Å²) in [5.41, 5.74) is 7.56. The van der Waals surface area contributed by atoms with Crippen LogP contribution in [0.5, 0.6) is 0 Å². The van der Waals surface area contributed by atoms with Crippen molar-refractivity contribution in [1.82, 2.24) is 0 Å². The maximum absolute atomic E-state index is 11.3. The number of hydrogen-bond acceptors (Lipinski definition) is 4. The Bertz CT molecular complexity index is 563. The van der Waals surface area contributed by atoms with E-state index in [0.717, 1.165) is 5.69 Å². The van der Waals surface area contributed by atoms with Gasteiger partial charge in [0.15, 0.2) is 0 Å². The summed E-state index contributed by atoms with van der Waals surface area (Å²) >= 11 is 0. The minimum absolute atomic E-state index is 0.0121. The van der Waals surface area contributed by atoms with E-state index < -0.39 is 10.2 Å². The average Bonchev–Trinajstić information content (AvgIpc) is 2.14. The van der Waals surface area contributed by atoms with Gasteiger partial charge in [-0.3, -0.25) is 4.72 Å². The van der Waals surface area contributed by atoms with Gasteiger partial charge in [-0.2, -0.15) is 8.42 Å². The second-order valence-corrected chi connectivity index (χ2v) is 4.98. The highest BCUT2D eigenvalue weighted by atomic mass is 32.2. The van der Waals surface area contributed by atoms with E-state index in [9.17, 15) is 8.42 Å². The van der Waals surface area contributed by atoms with Gasteiger partial charge in [0, 0.05) is 19.8 Å². The van der Waals surface area contributed by atoms with Crippen molar-refractivity contribution in [2.75, 3.05) is 23.7 Å². The first-order valence-electron chi connectivity index (χ1n) is 4.59. The van der Waals surface area contributed by atoms with E-state index in [0.29, 0.717) is 11.3 Å². The molecule has 1 aliphatic rings. The molecule has 16 heavy (non-hydrogen) atoms. The van der Waals surface area contributed by atoms with Crippen molar-refractivity contribution in [2.45, 2.75) is 0 Å². The Morgan fingerprint density at radius 3 is 2.69 bits per heavy atom. The van der Waals surface area contributed by atoms with E-state index in [1.165, 1.54) is 0 Å². The number of nitrogens with one attached hydrogen (secondary N) is 1. The minimum Gasteiger partial charge on any atom is -0.382 e. The molecule has 1 aromatic carbocycles. The van der Waals surface area contributed by atoms with Crippen LogP contribution in [-0.2, 0) is 10.2 Å². The predicted octanol–water partition coefficient (Wildman–Crippen LogP) is 0.128. The number of fused-ring (bicyclic) bond motifs is 1. The molecular weight excluding hydrogens is 228 g/mol. The van der Waals surface area contributed by atoms with Crippen LogP contribution in [0.1, 0.15) is 5.56 Å². The number of amidine groups is 1. The van der Waals surface area contributed by atoms with Gasteiger partial charge in [0.2, 0.25) is 0 Å². The van der Waals surface area contributed by atoms with Crippen LogP contribution >= 0.6 is 0 Å². The molecule has 2 rings (SSSR count). The Morgan fingerprint density at radius 2 is 2.06 bits per heavy atom. The molecule has 7 heteroatoms. The Morgan fingerprint density at radius 1 is 1.38 bits per heavy atom. The van der Waals surface area contributed by atoms with Crippen molar-refractivity contribution >= 4 is 27.4 Å². The molecule has 0 bridgehead atoms. The van der Waals surface area contributed by atoms with Crippen molar-refractivity contribution in [2.24, 2.45) is 10.1 Å². The molecule has 0 aromatic heterocycles. The second kappa shape index (κ2) is 3.38. The zero-order chi connectivity index (χ0) is 11.9. The third-order valence-corrected chi connectivity index (χ3v) is 3.15. The summed E-state index contributed by atoms with van der Waals surface area (Å²) in [5, 5.41) is 0. The summed E-state index contributed by atoms with van der Waals surface area (Å²) < 4.78 is 28.4. The van der Waals surface area contributed by atoms with Crippen molar-refractivity contribution in [3.63, 3.8) is 0 Å². The molecule has 0 aliphatic carbocycles. The number of nitrogens with two attached hydrogens (primary N) is 1. The SMILES string of the molecule is CN(C)c1cccc2c1C(N)=NS(=O)(=O)N2. The summed E-state index contributed by atoms with van der Waals surface area (Å²) in [6.45, 7) is 0. The third kappa shape index (κ3) is 1.69. The van der Waals surface area contributed by atoms with Crippen molar-refractivity contribution in [1.29, 1.82) is 0 Å². The van der Waals surface area contributed by atoms with Gasteiger partial charge in [-0.05, 0) is 12.1 Å². The number of anilines is 2. The molecule has 0 atom stereocenters. The number of hydrogen-bond donors (Lipinski definition) is 2. The molecule has 1 aliphatic heterocycles. The van der Waals surface area contributed by atoms with Gasteiger partial charge < -0.3 is 10.6 Å². The first-order chi connectivity index (χ1) is 7.41. The number of benzene rings is 1. The maximum atomic E-state index is 11.3. The van der Waals surface area contributed by atoms with Crippen LogP contribution in [0.2, 0.25) is 0 Å². The highest BCUT2D eigenvalue weighted by Crippen LogP contribution is 2.29. The molecule has 0 saturated carbocycles. The first-order valence-corrected chi connectivity index (χ1v) is 6.03. The topological polar surface area (TPSA) is 87.8 Å². The lowest BCUT2D eigenvalue weighted by Gasteiger charge is -2.22. The summed E-state index contributed by atoms with van der Waals surface area (Å²) in [4.78, 5) is 1.85. The average molecular weight is 240 g/mol. The predicted molar refractivity (Wildman–Crippen MR) is 64.0 cm³/mol. The summed E-state index contributed by atoms with van der Waals surface area (Å²) in [7, 11) is 0.0130. The highest BCUT2D eigenvalue weighted by molar-refractivity contribution is 7.91. The smallest absolute Gasteiger partial charge is 0.344 e. The van der Waals surface area contributed by atoms with E-state index >= 15 is 0 Å². The zero-order valence-electron chi connectivity index (χ0n) is 8.93.